The number of anilines is 2. The minimum atomic E-state index is 0.652. The van der Waals surface area contributed by atoms with Crippen molar-refractivity contribution in [2.45, 2.75) is 12.8 Å². The van der Waals surface area contributed by atoms with Crippen molar-refractivity contribution in [3.63, 3.8) is 0 Å². The number of aromatic amines is 1. The van der Waals surface area contributed by atoms with Gasteiger partial charge in [-0.3, -0.25) is 0 Å². The smallest absolute Gasteiger partial charge is 0.148 e. The van der Waals surface area contributed by atoms with E-state index in [0.29, 0.717) is 11.5 Å². The average Bonchev–Trinajstić information content (AvgIpc) is 2.89. The Morgan fingerprint density at radius 3 is 2.67 bits per heavy atom. The Morgan fingerprint density at radius 1 is 1.20 bits per heavy atom. The lowest BCUT2D eigenvalue weighted by Crippen LogP contribution is -2.32. The summed E-state index contributed by atoms with van der Waals surface area (Å²) in [7, 11) is 0. The number of nitrogens with zero attached hydrogens (tertiary/aromatic N) is 2. The third-order valence-electron chi connectivity index (χ3n) is 3.10. The van der Waals surface area contributed by atoms with Gasteiger partial charge >= 0.3 is 0 Å². The molecule has 0 bridgehead atoms. The molecule has 3 heterocycles. The monoisotopic (exact) mass is 205 g/mol. The largest absolute Gasteiger partial charge is 0.395 e. The van der Waals surface area contributed by atoms with E-state index < -0.39 is 0 Å². The molecule has 15 heavy (non-hydrogen) atoms. The van der Waals surface area contributed by atoms with Gasteiger partial charge in [0, 0.05) is 24.7 Å². The van der Waals surface area contributed by atoms with Crippen molar-refractivity contribution in [2.75, 3.05) is 29.6 Å². The summed E-state index contributed by atoms with van der Waals surface area (Å²) in [6.45, 7) is 2.10. The lowest BCUT2D eigenvalue weighted by atomic mass is 10.3. The maximum Gasteiger partial charge on any atom is 0.148 e. The third kappa shape index (κ3) is 1.03. The first-order chi connectivity index (χ1) is 7.29. The molecule has 0 aliphatic carbocycles. The molecule has 0 atom stereocenters. The number of nitrogens with one attached hydrogen (secondary N) is 1. The van der Waals surface area contributed by atoms with Crippen LogP contribution in [0.15, 0.2) is 12.3 Å². The van der Waals surface area contributed by atoms with Crippen molar-refractivity contribution in [3.05, 3.63) is 12.3 Å². The number of nitrogens with two attached hydrogens (primary N) is 2. The van der Waals surface area contributed by atoms with Crippen LogP contribution in [0.2, 0.25) is 0 Å². The lowest BCUT2D eigenvalue weighted by Gasteiger charge is -2.21. The zero-order valence-corrected chi connectivity index (χ0v) is 8.53. The molecule has 0 unspecified atom stereocenters. The first-order valence-corrected chi connectivity index (χ1v) is 5.27. The van der Waals surface area contributed by atoms with Crippen LogP contribution in [-0.4, -0.2) is 22.7 Å². The minimum absolute atomic E-state index is 0.652. The van der Waals surface area contributed by atoms with Crippen LogP contribution in [0.4, 0.5) is 11.5 Å². The second-order valence-electron chi connectivity index (χ2n) is 4.01. The van der Waals surface area contributed by atoms with Gasteiger partial charge in [-0.25, -0.2) is 4.68 Å². The van der Waals surface area contributed by atoms with Gasteiger partial charge in [0.15, 0.2) is 0 Å². The van der Waals surface area contributed by atoms with Crippen LogP contribution < -0.4 is 16.5 Å². The molecule has 1 fully saturated rings. The predicted octanol–water partition coefficient (Wildman–Crippen LogP) is 0.866. The van der Waals surface area contributed by atoms with E-state index in [1.807, 2.05) is 16.9 Å². The number of hydrogen-bond acceptors (Lipinski definition) is 3. The second-order valence-corrected chi connectivity index (χ2v) is 4.01. The molecule has 3 rings (SSSR count). The van der Waals surface area contributed by atoms with E-state index in [1.165, 1.54) is 12.8 Å². The molecule has 1 aliphatic rings. The molecule has 0 spiro atoms. The topological polar surface area (TPSA) is 76.0 Å². The maximum atomic E-state index is 6.02. The van der Waals surface area contributed by atoms with E-state index in [9.17, 15) is 0 Å². The van der Waals surface area contributed by atoms with Crippen LogP contribution in [-0.2, 0) is 0 Å². The molecule has 0 amide bonds. The normalized spacial score (nSPS) is 16.7. The van der Waals surface area contributed by atoms with E-state index in [-0.39, 0.29) is 0 Å². The number of fused-ring (bicyclic) bond motifs is 1. The summed E-state index contributed by atoms with van der Waals surface area (Å²) in [6.07, 6.45) is 4.34. The van der Waals surface area contributed by atoms with Crippen molar-refractivity contribution < 1.29 is 0 Å². The Labute approximate surface area is 87.6 Å². The Balaban J connectivity index is 2.22. The molecule has 2 aromatic rings. The summed E-state index contributed by atoms with van der Waals surface area (Å²) < 4.78 is 2.01. The molecule has 5 nitrogen and oxygen atoms in total. The minimum Gasteiger partial charge on any atom is -0.395 e. The third-order valence-corrected chi connectivity index (χ3v) is 3.10. The summed E-state index contributed by atoms with van der Waals surface area (Å²) in [6, 6.07) is 1.97. The predicted molar refractivity (Wildman–Crippen MR) is 62.3 cm³/mol. The van der Waals surface area contributed by atoms with Crippen molar-refractivity contribution in [2.24, 2.45) is 0 Å². The first kappa shape index (κ1) is 8.52. The van der Waals surface area contributed by atoms with E-state index in [0.717, 1.165) is 24.1 Å². The molecule has 0 aromatic carbocycles. The quantitative estimate of drug-likeness (QED) is 0.646. The van der Waals surface area contributed by atoms with Crippen LogP contribution in [0.5, 0.6) is 0 Å². The fraction of sp³-hybridized carbons (Fsp3) is 0.400. The fourth-order valence-corrected chi connectivity index (χ4v) is 2.32. The molecule has 80 valence electrons. The van der Waals surface area contributed by atoms with Crippen molar-refractivity contribution in [1.82, 2.24) is 9.66 Å². The van der Waals surface area contributed by atoms with Gasteiger partial charge in [-0.05, 0) is 18.9 Å². The summed E-state index contributed by atoms with van der Waals surface area (Å²) >= 11 is 0. The highest BCUT2D eigenvalue weighted by Crippen LogP contribution is 2.30. The SMILES string of the molecule is Nc1c(N)n(N2CCCC2)c2[nH]ccc12. The van der Waals surface area contributed by atoms with E-state index in [1.54, 1.807) is 0 Å². The molecule has 0 saturated carbocycles. The Kier molecular flexibility index (Phi) is 1.62. The second kappa shape index (κ2) is 2.85. The van der Waals surface area contributed by atoms with Gasteiger partial charge in [-0.1, -0.05) is 0 Å². The summed E-state index contributed by atoms with van der Waals surface area (Å²) in [4.78, 5) is 3.19. The molecule has 1 aliphatic heterocycles. The number of hydrogen-bond donors (Lipinski definition) is 3. The van der Waals surface area contributed by atoms with Crippen LogP contribution in [0.1, 0.15) is 12.8 Å². The van der Waals surface area contributed by atoms with Crippen molar-refractivity contribution in [3.8, 4) is 0 Å². The van der Waals surface area contributed by atoms with Gasteiger partial charge < -0.3 is 21.5 Å². The average molecular weight is 205 g/mol. The molecule has 2 aromatic heterocycles. The van der Waals surface area contributed by atoms with E-state index >= 15 is 0 Å². The van der Waals surface area contributed by atoms with Crippen LogP contribution in [0, 0.1) is 0 Å². The van der Waals surface area contributed by atoms with Crippen LogP contribution in [0.3, 0.4) is 0 Å². The molecular weight excluding hydrogens is 190 g/mol. The molecule has 1 saturated heterocycles. The highest BCUT2D eigenvalue weighted by molar-refractivity contribution is 5.97. The maximum absolute atomic E-state index is 6.02. The Morgan fingerprint density at radius 2 is 1.93 bits per heavy atom. The standard InChI is InChI=1S/C10H15N5/c11-8-7-3-4-13-10(7)15(9(8)12)14-5-1-2-6-14/h3-4,13H,1-2,5-6,11-12H2. The summed E-state index contributed by atoms with van der Waals surface area (Å²) in [5.74, 6) is 0.652. The zero-order valence-electron chi connectivity index (χ0n) is 8.53. The Bertz CT molecular complexity index is 489. The van der Waals surface area contributed by atoms with Crippen molar-refractivity contribution >= 4 is 22.5 Å². The van der Waals surface area contributed by atoms with Crippen LogP contribution >= 0.6 is 0 Å². The Hall–Kier alpha value is -1.78. The van der Waals surface area contributed by atoms with E-state index in [4.69, 9.17) is 11.5 Å². The number of nitrogen functional groups attached to an aromatic ring is 2. The number of aromatic nitrogens is 2. The van der Waals surface area contributed by atoms with Gasteiger partial charge in [0.2, 0.25) is 0 Å². The number of rotatable bonds is 1. The van der Waals surface area contributed by atoms with Gasteiger partial charge in [-0.2, -0.15) is 0 Å². The summed E-state index contributed by atoms with van der Waals surface area (Å²) in [5.41, 5.74) is 13.7. The number of H-pyrrole nitrogens is 1. The van der Waals surface area contributed by atoms with Gasteiger partial charge in [0.1, 0.15) is 11.5 Å². The molecule has 5 N–H and O–H groups in total. The van der Waals surface area contributed by atoms with Gasteiger partial charge in [0.05, 0.1) is 5.69 Å². The van der Waals surface area contributed by atoms with E-state index in [2.05, 4.69) is 9.99 Å². The van der Waals surface area contributed by atoms with Gasteiger partial charge in [0.25, 0.3) is 0 Å². The molecular formula is C10H15N5. The van der Waals surface area contributed by atoms with Crippen LogP contribution in [0.25, 0.3) is 11.0 Å². The lowest BCUT2D eigenvalue weighted by molar-refractivity contribution is 0.691. The van der Waals surface area contributed by atoms with Gasteiger partial charge in [-0.15, -0.1) is 0 Å². The van der Waals surface area contributed by atoms with Crippen molar-refractivity contribution in [1.29, 1.82) is 0 Å². The zero-order chi connectivity index (χ0) is 10.4. The molecule has 5 heteroatoms. The fourth-order valence-electron chi connectivity index (χ4n) is 2.32. The molecule has 0 radical (unpaired) electrons. The highest BCUT2D eigenvalue weighted by Gasteiger charge is 2.20. The first-order valence-electron chi connectivity index (χ1n) is 5.27. The summed E-state index contributed by atoms with van der Waals surface area (Å²) in [5, 5.41) is 3.25. The highest BCUT2D eigenvalue weighted by atomic mass is 15.6.